The molecule has 0 aliphatic carbocycles. The van der Waals surface area contributed by atoms with Gasteiger partial charge in [0.05, 0.1) is 16.2 Å². The highest BCUT2D eigenvalue weighted by molar-refractivity contribution is 7.90. The number of aromatic nitrogens is 1. The first kappa shape index (κ1) is 24.0. The number of rotatable bonds is 6. The summed E-state index contributed by atoms with van der Waals surface area (Å²) in [5.74, 6) is -0.724. The summed E-state index contributed by atoms with van der Waals surface area (Å²) in [5.41, 5.74) is 2.85. The summed E-state index contributed by atoms with van der Waals surface area (Å²) >= 11 is 0. The molecular formula is C26H28FN3O3S. The summed E-state index contributed by atoms with van der Waals surface area (Å²) < 4.78 is 37.2. The van der Waals surface area contributed by atoms with Crippen molar-refractivity contribution in [3.63, 3.8) is 0 Å². The zero-order chi connectivity index (χ0) is 24.3. The van der Waals surface area contributed by atoms with Gasteiger partial charge < -0.3 is 4.90 Å². The lowest BCUT2D eigenvalue weighted by Gasteiger charge is -2.36. The van der Waals surface area contributed by atoms with E-state index in [1.54, 1.807) is 41.3 Å². The molecule has 3 aromatic rings. The van der Waals surface area contributed by atoms with Crippen molar-refractivity contribution in [2.45, 2.75) is 30.3 Å². The molecule has 0 N–H and O–H groups in total. The Balaban J connectivity index is 1.32. The minimum absolute atomic E-state index is 0.131. The van der Waals surface area contributed by atoms with E-state index in [-0.39, 0.29) is 16.4 Å². The number of carbonyl (C=O) groups is 1. The Labute approximate surface area is 200 Å². The molecule has 0 spiro atoms. The third-order valence-electron chi connectivity index (χ3n) is 6.31. The van der Waals surface area contributed by atoms with E-state index in [1.807, 2.05) is 18.3 Å². The molecule has 1 aliphatic heterocycles. The van der Waals surface area contributed by atoms with Crippen molar-refractivity contribution in [2.75, 3.05) is 26.4 Å². The quantitative estimate of drug-likeness (QED) is 0.532. The molecule has 2 heterocycles. The van der Waals surface area contributed by atoms with E-state index in [4.69, 9.17) is 0 Å². The first-order chi connectivity index (χ1) is 16.2. The van der Waals surface area contributed by atoms with Gasteiger partial charge in [-0.25, -0.2) is 12.8 Å². The Morgan fingerprint density at radius 3 is 2.32 bits per heavy atom. The van der Waals surface area contributed by atoms with Crippen LogP contribution in [0.1, 0.15) is 28.8 Å². The second kappa shape index (κ2) is 10.0. The molecule has 0 atom stereocenters. The topological polar surface area (TPSA) is 70.6 Å². The molecule has 6 nitrogen and oxygen atoms in total. The molecule has 0 saturated carbocycles. The molecule has 1 aliphatic rings. The van der Waals surface area contributed by atoms with Gasteiger partial charge in [-0.05, 0) is 55.8 Å². The van der Waals surface area contributed by atoms with Crippen LogP contribution < -0.4 is 0 Å². The fourth-order valence-electron chi connectivity index (χ4n) is 4.29. The zero-order valence-electron chi connectivity index (χ0n) is 19.3. The maximum Gasteiger partial charge on any atom is 0.256 e. The number of hydrogen-bond acceptors (Lipinski definition) is 5. The maximum atomic E-state index is 14.0. The van der Waals surface area contributed by atoms with Gasteiger partial charge in [0.25, 0.3) is 5.91 Å². The Morgan fingerprint density at radius 2 is 1.74 bits per heavy atom. The molecule has 178 valence electrons. The van der Waals surface area contributed by atoms with Crippen LogP contribution in [0.25, 0.3) is 11.3 Å². The highest BCUT2D eigenvalue weighted by Gasteiger charge is 2.27. The molecule has 0 radical (unpaired) electrons. The normalized spacial score (nSPS) is 15.0. The van der Waals surface area contributed by atoms with Crippen molar-refractivity contribution in [2.24, 2.45) is 0 Å². The number of hydrogen-bond donors (Lipinski definition) is 0. The highest BCUT2D eigenvalue weighted by atomic mass is 32.2. The van der Waals surface area contributed by atoms with Gasteiger partial charge in [-0.2, -0.15) is 0 Å². The molecule has 1 aromatic heterocycles. The van der Waals surface area contributed by atoms with Crippen molar-refractivity contribution in [1.29, 1.82) is 0 Å². The van der Waals surface area contributed by atoms with Crippen LogP contribution >= 0.6 is 0 Å². The lowest BCUT2D eigenvalue weighted by Crippen LogP contribution is -2.45. The van der Waals surface area contributed by atoms with E-state index in [1.165, 1.54) is 18.4 Å². The van der Waals surface area contributed by atoms with Crippen molar-refractivity contribution < 1.29 is 17.6 Å². The van der Waals surface area contributed by atoms with Gasteiger partial charge in [-0.15, -0.1) is 0 Å². The van der Waals surface area contributed by atoms with E-state index >= 15 is 0 Å². The molecule has 2 aromatic carbocycles. The summed E-state index contributed by atoms with van der Waals surface area (Å²) in [5, 5.41) is 0. The molecule has 0 bridgehead atoms. The van der Waals surface area contributed by atoms with E-state index < -0.39 is 15.7 Å². The van der Waals surface area contributed by atoms with Gasteiger partial charge in [0.2, 0.25) is 0 Å². The number of halogens is 1. The standard InChI is InChI=1S/C26H28FN3O3S/c1-29(21-13-15-30(16-14-21)26(31)23-5-3-4-6-24(23)27)18-19-7-12-25(28-17-19)20-8-10-22(11-9-20)34(2,32)33/h3-12,17,21H,13-16,18H2,1-2H3. The zero-order valence-corrected chi connectivity index (χ0v) is 20.1. The van der Waals surface area contributed by atoms with Crippen LogP contribution in [0.4, 0.5) is 4.39 Å². The third-order valence-corrected chi connectivity index (χ3v) is 7.44. The largest absolute Gasteiger partial charge is 0.338 e. The number of sulfone groups is 1. The summed E-state index contributed by atoms with van der Waals surface area (Å²) in [7, 11) is -1.16. The Kier molecular flexibility index (Phi) is 7.09. The predicted molar refractivity (Wildman–Crippen MR) is 130 cm³/mol. The lowest BCUT2D eigenvalue weighted by molar-refractivity contribution is 0.0635. The summed E-state index contributed by atoms with van der Waals surface area (Å²) in [6, 6.07) is 17.1. The number of carbonyl (C=O) groups excluding carboxylic acids is 1. The van der Waals surface area contributed by atoms with E-state index in [9.17, 15) is 17.6 Å². The fourth-order valence-corrected chi connectivity index (χ4v) is 4.92. The van der Waals surface area contributed by atoms with Gasteiger partial charge >= 0.3 is 0 Å². The third kappa shape index (κ3) is 5.51. The van der Waals surface area contributed by atoms with Crippen LogP contribution in [0.2, 0.25) is 0 Å². The van der Waals surface area contributed by atoms with Crippen LogP contribution in [0.15, 0.2) is 71.8 Å². The van der Waals surface area contributed by atoms with Gasteiger partial charge in [0.1, 0.15) is 5.82 Å². The van der Waals surface area contributed by atoms with E-state index in [2.05, 4.69) is 16.9 Å². The predicted octanol–water partition coefficient (Wildman–Crippen LogP) is 4.03. The van der Waals surface area contributed by atoms with E-state index in [0.29, 0.717) is 19.1 Å². The van der Waals surface area contributed by atoms with Crippen molar-refractivity contribution in [3.8, 4) is 11.3 Å². The molecule has 1 fully saturated rings. The number of benzene rings is 2. The molecule has 8 heteroatoms. The van der Waals surface area contributed by atoms with Crippen molar-refractivity contribution >= 4 is 15.7 Å². The Hall–Kier alpha value is -3.10. The Bertz CT molecular complexity index is 1250. The van der Waals surface area contributed by atoms with Crippen LogP contribution in [0.5, 0.6) is 0 Å². The summed E-state index contributed by atoms with van der Waals surface area (Å²) in [6.45, 7) is 1.93. The molecule has 34 heavy (non-hydrogen) atoms. The van der Waals surface area contributed by atoms with Crippen molar-refractivity contribution in [3.05, 3.63) is 83.8 Å². The molecule has 1 amide bonds. The van der Waals surface area contributed by atoms with Crippen LogP contribution in [-0.4, -0.2) is 61.5 Å². The van der Waals surface area contributed by atoms with E-state index in [0.717, 1.165) is 36.2 Å². The number of piperidine rings is 1. The average molecular weight is 482 g/mol. The second-order valence-corrected chi connectivity index (χ2v) is 10.8. The average Bonchev–Trinajstić information content (AvgIpc) is 2.84. The summed E-state index contributed by atoms with van der Waals surface area (Å²) in [6.07, 6.45) is 4.69. The van der Waals surface area contributed by atoms with Crippen LogP contribution in [0.3, 0.4) is 0 Å². The van der Waals surface area contributed by atoms with Crippen LogP contribution in [0, 0.1) is 5.82 Å². The molecule has 0 unspecified atom stereocenters. The highest BCUT2D eigenvalue weighted by Crippen LogP contribution is 2.22. The summed E-state index contributed by atoms with van der Waals surface area (Å²) in [4.78, 5) is 21.5. The number of pyridine rings is 1. The number of likely N-dealkylation sites (tertiary alicyclic amines) is 1. The van der Waals surface area contributed by atoms with Gasteiger partial charge in [-0.1, -0.05) is 30.3 Å². The first-order valence-electron chi connectivity index (χ1n) is 11.2. The maximum absolute atomic E-state index is 14.0. The fraction of sp³-hybridized carbons (Fsp3) is 0.308. The van der Waals surface area contributed by atoms with Crippen molar-refractivity contribution in [1.82, 2.24) is 14.8 Å². The van der Waals surface area contributed by atoms with Gasteiger partial charge in [0.15, 0.2) is 9.84 Å². The minimum atomic E-state index is -3.22. The van der Waals surface area contributed by atoms with Gasteiger partial charge in [0, 0.05) is 43.7 Å². The number of nitrogens with zero attached hydrogens (tertiary/aromatic N) is 3. The lowest BCUT2D eigenvalue weighted by atomic mass is 10.0. The smallest absolute Gasteiger partial charge is 0.256 e. The molecular weight excluding hydrogens is 453 g/mol. The minimum Gasteiger partial charge on any atom is -0.338 e. The first-order valence-corrected chi connectivity index (χ1v) is 13.1. The molecule has 4 rings (SSSR count). The SMILES string of the molecule is CN(Cc1ccc(-c2ccc(S(C)(=O)=O)cc2)nc1)C1CCN(C(=O)c2ccccc2F)CC1. The Morgan fingerprint density at radius 1 is 1.06 bits per heavy atom. The number of amides is 1. The van der Waals surface area contributed by atoms with Gasteiger partial charge in [-0.3, -0.25) is 14.7 Å². The second-order valence-electron chi connectivity index (χ2n) is 8.77. The molecule has 1 saturated heterocycles. The van der Waals surface area contributed by atoms with Crippen LogP contribution in [-0.2, 0) is 16.4 Å². The monoisotopic (exact) mass is 481 g/mol.